The predicted octanol–water partition coefficient (Wildman–Crippen LogP) is 2.59. The highest BCUT2D eigenvalue weighted by molar-refractivity contribution is 5.37. The highest BCUT2D eigenvalue weighted by Crippen LogP contribution is 2.28. The average molecular weight is 351 g/mol. The molecule has 26 heavy (non-hydrogen) atoms. The van der Waals surface area contributed by atoms with Gasteiger partial charge in [0.15, 0.2) is 11.5 Å². The van der Waals surface area contributed by atoms with Gasteiger partial charge in [-0.05, 0) is 50.2 Å². The summed E-state index contributed by atoms with van der Waals surface area (Å²) < 4.78 is 1.95. The number of hydrogen-bond acceptors (Lipinski definition) is 6. The molecule has 0 aromatic carbocycles. The van der Waals surface area contributed by atoms with E-state index in [1.54, 1.807) is 6.20 Å². The van der Waals surface area contributed by atoms with Crippen molar-refractivity contribution < 1.29 is 0 Å². The van der Waals surface area contributed by atoms with E-state index in [1.807, 2.05) is 22.7 Å². The first-order chi connectivity index (χ1) is 12.5. The SMILES string of the molecule is CC(C)(C)c1ccc2nnc(C3CCN(Cc4cccnn4)CC3)n2n1. The molecule has 7 heteroatoms. The Bertz CT molecular complexity index is 874. The Morgan fingerprint density at radius 3 is 2.54 bits per heavy atom. The quantitative estimate of drug-likeness (QED) is 0.722. The van der Waals surface area contributed by atoms with E-state index in [1.165, 1.54) is 0 Å². The van der Waals surface area contributed by atoms with Gasteiger partial charge in [-0.25, -0.2) is 0 Å². The molecular formula is C19H25N7. The van der Waals surface area contributed by atoms with Crippen LogP contribution in [-0.2, 0) is 12.0 Å². The van der Waals surface area contributed by atoms with Gasteiger partial charge in [0, 0.05) is 24.1 Å². The zero-order valence-electron chi connectivity index (χ0n) is 15.6. The van der Waals surface area contributed by atoms with Crippen molar-refractivity contribution in [2.75, 3.05) is 13.1 Å². The van der Waals surface area contributed by atoms with Gasteiger partial charge in [-0.2, -0.15) is 19.8 Å². The van der Waals surface area contributed by atoms with Crippen molar-refractivity contribution >= 4 is 5.65 Å². The minimum atomic E-state index is 0.00974. The van der Waals surface area contributed by atoms with Crippen molar-refractivity contribution in [3.05, 3.63) is 47.7 Å². The molecule has 4 heterocycles. The van der Waals surface area contributed by atoms with E-state index < -0.39 is 0 Å². The minimum Gasteiger partial charge on any atom is -0.297 e. The maximum Gasteiger partial charge on any atom is 0.177 e. The highest BCUT2D eigenvalue weighted by atomic mass is 15.4. The highest BCUT2D eigenvalue weighted by Gasteiger charge is 2.26. The molecule has 0 saturated carbocycles. The number of likely N-dealkylation sites (tertiary alicyclic amines) is 1. The average Bonchev–Trinajstić information content (AvgIpc) is 3.06. The van der Waals surface area contributed by atoms with E-state index in [0.717, 1.165) is 55.3 Å². The van der Waals surface area contributed by atoms with E-state index >= 15 is 0 Å². The summed E-state index contributed by atoms with van der Waals surface area (Å²) in [5, 5.41) is 21.8. The number of hydrogen-bond donors (Lipinski definition) is 0. The van der Waals surface area contributed by atoms with Gasteiger partial charge in [-0.1, -0.05) is 20.8 Å². The molecule has 0 unspecified atom stereocenters. The van der Waals surface area contributed by atoms with Crippen molar-refractivity contribution in [3.8, 4) is 0 Å². The van der Waals surface area contributed by atoms with Gasteiger partial charge in [-0.3, -0.25) is 4.90 Å². The molecule has 3 aromatic heterocycles. The van der Waals surface area contributed by atoms with Crippen molar-refractivity contribution in [1.82, 2.24) is 34.9 Å². The Balaban J connectivity index is 1.49. The van der Waals surface area contributed by atoms with Gasteiger partial charge >= 0.3 is 0 Å². The fraction of sp³-hybridized carbons (Fsp3) is 0.526. The molecule has 0 amide bonds. The van der Waals surface area contributed by atoms with Gasteiger partial charge in [0.05, 0.1) is 11.4 Å². The maximum absolute atomic E-state index is 4.83. The Morgan fingerprint density at radius 1 is 1.04 bits per heavy atom. The molecule has 1 aliphatic rings. The van der Waals surface area contributed by atoms with Crippen LogP contribution in [-0.4, -0.2) is 48.0 Å². The van der Waals surface area contributed by atoms with Crippen LogP contribution in [0.4, 0.5) is 0 Å². The summed E-state index contributed by atoms with van der Waals surface area (Å²) in [7, 11) is 0. The summed E-state index contributed by atoms with van der Waals surface area (Å²) in [6.07, 6.45) is 3.83. The fourth-order valence-corrected chi connectivity index (χ4v) is 3.46. The van der Waals surface area contributed by atoms with Crippen LogP contribution in [0.1, 0.15) is 56.7 Å². The lowest BCUT2D eigenvalue weighted by atomic mass is 9.92. The number of aromatic nitrogens is 6. The smallest absolute Gasteiger partial charge is 0.177 e. The normalized spacial score (nSPS) is 17.0. The van der Waals surface area contributed by atoms with Crippen molar-refractivity contribution in [3.63, 3.8) is 0 Å². The second-order valence-electron chi connectivity index (χ2n) is 8.06. The summed E-state index contributed by atoms with van der Waals surface area (Å²) in [6, 6.07) is 8.05. The lowest BCUT2D eigenvalue weighted by Crippen LogP contribution is -2.33. The minimum absolute atomic E-state index is 0.00974. The molecule has 1 fully saturated rings. The van der Waals surface area contributed by atoms with E-state index in [4.69, 9.17) is 5.10 Å². The largest absolute Gasteiger partial charge is 0.297 e. The molecular weight excluding hydrogens is 326 g/mol. The van der Waals surface area contributed by atoms with Crippen molar-refractivity contribution in [2.45, 2.75) is 51.5 Å². The molecule has 4 rings (SSSR count). The van der Waals surface area contributed by atoms with Gasteiger partial charge in [0.2, 0.25) is 0 Å². The Morgan fingerprint density at radius 2 is 1.85 bits per heavy atom. The number of piperidine rings is 1. The van der Waals surface area contributed by atoms with Crippen LogP contribution < -0.4 is 0 Å². The zero-order valence-corrected chi connectivity index (χ0v) is 15.6. The van der Waals surface area contributed by atoms with Gasteiger partial charge in [-0.15, -0.1) is 10.2 Å². The third-order valence-electron chi connectivity index (χ3n) is 5.02. The molecule has 0 bridgehead atoms. The van der Waals surface area contributed by atoms with Gasteiger partial charge in [0.1, 0.15) is 0 Å². The van der Waals surface area contributed by atoms with Crippen LogP contribution in [0, 0.1) is 0 Å². The van der Waals surface area contributed by atoms with Crippen LogP contribution in [0.5, 0.6) is 0 Å². The number of fused-ring (bicyclic) bond motifs is 1. The third-order valence-corrected chi connectivity index (χ3v) is 5.02. The molecule has 0 N–H and O–H groups in total. The molecule has 1 saturated heterocycles. The molecule has 1 aliphatic heterocycles. The molecule has 0 atom stereocenters. The molecule has 0 radical (unpaired) electrons. The Hall–Kier alpha value is -2.41. The first-order valence-corrected chi connectivity index (χ1v) is 9.22. The van der Waals surface area contributed by atoms with Crippen LogP contribution >= 0.6 is 0 Å². The van der Waals surface area contributed by atoms with Crippen LogP contribution in [0.25, 0.3) is 5.65 Å². The van der Waals surface area contributed by atoms with E-state index in [-0.39, 0.29) is 5.41 Å². The number of nitrogens with zero attached hydrogens (tertiary/aromatic N) is 7. The van der Waals surface area contributed by atoms with Crippen LogP contribution in [0.2, 0.25) is 0 Å². The summed E-state index contributed by atoms with van der Waals surface area (Å²) in [4.78, 5) is 2.43. The van der Waals surface area contributed by atoms with Crippen molar-refractivity contribution in [1.29, 1.82) is 0 Å². The molecule has 0 aliphatic carbocycles. The first-order valence-electron chi connectivity index (χ1n) is 9.22. The second-order valence-corrected chi connectivity index (χ2v) is 8.06. The Labute approximate surface area is 153 Å². The van der Waals surface area contributed by atoms with Crippen molar-refractivity contribution in [2.24, 2.45) is 0 Å². The number of rotatable bonds is 3. The second kappa shape index (κ2) is 6.72. The zero-order chi connectivity index (χ0) is 18.1. The monoisotopic (exact) mass is 351 g/mol. The lowest BCUT2D eigenvalue weighted by molar-refractivity contribution is 0.198. The Kier molecular flexibility index (Phi) is 4.40. The first kappa shape index (κ1) is 17.0. The third kappa shape index (κ3) is 3.44. The fourth-order valence-electron chi connectivity index (χ4n) is 3.46. The summed E-state index contributed by atoms with van der Waals surface area (Å²) in [5.74, 6) is 1.39. The topological polar surface area (TPSA) is 72.1 Å². The van der Waals surface area contributed by atoms with Crippen LogP contribution in [0.15, 0.2) is 30.5 Å². The van der Waals surface area contributed by atoms with Gasteiger partial charge < -0.3 is 0 Å². The molecule has 7 nitrogen and oxygen atoms in total. The summed E-state index contributed by atoms with van der Waals surface area (Å²) in [6.45, 7) is 9.43. The standard InChI is InChI=1S/C19H25N7/c1-19(2,3)16-6-7-17-22-23-18(26(17)24-16)14-8-11-25(12-9-14)13-15-5-4-10-20-21-15/h4-7,10,14H,8-9,11-13H2,1-3H3. The van der Waals surface area contributed by atoms with Gasteiger partial charge in [0.25, 0.3) is 0 Å². The maximum atomic E-state index is 4.83. The lowest BCUT2D eigenvalue weighted by Gasteiger charge is -2.30. The van der Waals surface area contributed by atoms with Crippen LogP contribution in [0.3, 0.4) is 0 Å². The van der Waals surface area contributed by atoms with E-state index in [0.29, 0.717) is 5.92 Å². The predicted molar refractivity (Wildman–Crippen MR) is 98.8 cm³/mol. The van der Waals surface area contributed by atoms with E-state index in [2.05, 4.69) is 52.1 Å². The van der Waals surface area contributed by atoms with E-state index in [9.17, 15) is 0 Å². The summed E-state index contributed by atoms with van der Waals surface area (Å²) >= 11 is 0. The molecule has 3 aromatic rings. The molecule has 136 valence electrons. The molecule has 0 spiro atoms. The summed E-state index contributed by atoms with van der Waals surface area (Å²) in [5.41, 5.74) is 2.92.